The van der Waals surface area contributed by atoms with Gasteiger partial charge >= 0.3 is 11.9 Å². The first-order valence-corrected chi connectivity index (χ1v) is 5.34. The molecule has 9 heteroatoms. The number of ether oxygens (including phenoxy) is 1. The summed E-state index contributed by atoms with van der Waals surface area (Å²) in [6, 6.07) is 0. The van der Waals surface area contributed by atoms with Crippen molar-refractivity contribution in [2.75, 3.05) is 0 Å². The average Bonchev–Trinajstić information content (AvgIpc) is 2.11. The molecule has 2 unspecified atom stereocenters. The molecule has 0 aromatic carbocycles. The Labute approximate surface area is 90.3 Å². The maximum Gasteiger partial charge on any atom is 0.330 e. The number of carboxylic acid groups (broad SMARTS) is 1. The molecule has 0 aliphatic heterocycles. The number of esters is 1. The number of aliphatic carboxylic acids is 1. The van der Waals surface area contributed by atoms with Crippen LogP contribution in [0.5, 0.6) is 0 Å². The van der Waals surface area contributed by atoms with Gasteiger partial charge in [-0.05, 0) is 6.08 Å². The van der Waals surface area contributed by atoms with Crippen molar-refractivity contribution < 1.29 is 36.8 Å². The number of carbonyl (C=O) groups is 2. The van der Waals surface area contributed by atoms with Gasteiger partial charge in [-0.15, -0.1) is 0 Å². The Morgan fingerprint density at radius 2 is 2.00 bits per heavy atom. The number of halogens is 1. The highest BCUT2D eigenvalue weighted by Crippen LogP contribution is 2.09. The van der Waals surface area contributed by atoms with Gasteiger partial charge in [-0.3, -0.25) is 14.1 Å². The Morgan fingerprint density at radius 3 is 2.31 bits per heavy atom. The van der Waals surface area contributed by atoms with Crippen molar-refractivity contribution >= 4 is 22.1 Å². The molecular weight excluding hydrogens is 247 g/mol. The smallest absolute Gasteiger partial charge is 0.330 e. The lowest BCUT2D eigenvalue weighted by Gasteiger charge is -2.11. The molecule has 0 spiro atoms. The van der Waals surface area contributed by atoms with Crippen molar-refractivity contribution in [1.82, 2.24) is 0 Å². The normalized spacial score (nSPS) is 14.9. The van der Waals surface area contributed by atoms with E-state index in [-0.39, 0.29) is 0 Å². The maximum atomic E-state index is 12.5. The van der Waals surface area contributed by atoms with Crippen LogP contribution in [-0.4, -0.2) is 41.6 Å². The molecule has 0 amide bonds. The summed E-state index contributed by atoms with van der Waals surface area (Å²) in [6.45, 7) is 2.92. The SMILES string of the molecule is C=CC(F)OC(=O)C(CC(=O)O)S(=O)(=O)O. The minimum atomic E-state index is -4.97. The van der Waals surface area contributed by atoms with Crippen LogP contribution in [0.4, 0.5) is 4.39 Å². The molecule has 0 rings (SSSR count). The van der Waals surface area contributed by atoms with Gasteiger partial charge in [0.25, 0.3) is 16.5 Å². The molecule has 0 fully saturated rings. The predicted octanol–water partition coefficient (Wildman–Crippen LogP) is -0.258. The topological polar surface area (TPSA) is 118 Å². The van der Waals surface area contributed by atoms with E-state index in [2.05, 4.69) is 11.3 Å². The highest BCUT2D eigenvalue weighted by molar-refractivity contribution is 7.87. The molecule has 0 aliphatic rings. The lowest BCUT2D eigenvalue weighted by Crippen LogP contribution is -2.35. The summed E-state index contributed by atoms with van der Waals surface area (Å²) in [5.41, 5.74) is 0. The van der Waals surface area contributed by atoms with Gasteiger partial charge in [-0.1, -0.05) is 6.58 Å². The number of alkyl halides is 1. The zero-order valence-corrected chi connectivity index (χ0v) is 8.68. The molecule has 0 heterocycles. The van der Waals surface area contributed by atoms with E-state index in [1.54, 1.807) is 0 Å². The first kappa shape index (κ1) is 14.5. The Hall–Kier alpha value is -1.48. The van der Waals surface area contributed by atoms with Crippen LogP contribution in [-0.2, 0) is 24.4 Å². The molecule has 16 heavy (non-hydrogen) atoms. The largest absolute Gasteiger partial charge is 0.481 e. The number of hydrogen-bond donors (Lipinski definition) is 2. The number of carboxylic acids is 1. The van der Waals surface area contributed by atoms with Crippen molar-refractivity contribution in [2.45, 2.75) is 18.0 Å². The Morgan fingerprint density at radius 1 is 1.50 bits per heavy atom. The van der Waals surface area contributed by atoms with E-state index in [0.717, 1.165) is 0 Å². The van der Waals surface area contributed by atoms with Crippen molar-refractivity contribution in [1.29, 1.82) is 0 Å². The summed E-state index contributed by atoms with van der Waals surface area (Å²) in [7, 11) is -4.97. The van der Waals surface area contributed by atoms with Crippen LogP contribution in [0.1, 0.15) is 6.42 Å². The van der Waals surface area contributed by atoms with E-state index in [4.69, 9.17) is 9.66 Å². The van der Waals surface area contributed by atoms with Crippen molar-refractivity contribution in [3.8, 4) is 0 Å². The monoisotopic (exact) mass is 256 g/mol. The van der Waals surface area contributed by atoms with Crippen LogP contribution < -0.4 is 0 Å². The summed E-state index contributed by atoms with van der Waals surface area (Å²) in [5, 5.41) is 5.93. The highest BCUT2D eigenvalue weighted by atomic mass is 32.2. The summed E-state index contributed by atoms with van der Waals surface area (Å²) in [6.07, 6.45) is -2.94. The second kappa shape index (κ2) is 5.56. The molecule has 0 saturated heterocycles. The minimum Gasteiger partial charge on any atom is -0.481 e. The Balaban J connectivity index is 4.84. The number of carbonyl (C=O) groups excluding carboxylic acids is 1. The van der Waals surface area contributed by atoms with Crippen LogP contribution in [0.25, 0.3) is 0 Å². The van der Waals surface area contributed by atoms with Gasteiger partial charge in [-0.25, -0.2) is 0 Å². The second-order valence-corrected chi connectivity index (χ2v) is 4.22. The van der Waals surface area contributed by atoms with Gasteiger partial charge in [0.2, 0.25) is 0 Å². The van der Waals surface area contributed by atoms with Gasteiger partial charge in [-0.2, -0.15) is 12.8 Å². The average molecular weight is 256 g/mol. The second-order valence-electron chi connectivity index (χ2n) is 2.63. The fourth-order valence-electron chi connectivity index (χ4n) is 0.704. The van der Waals surface area contributed by atoms with Crippen LogP contribution >= 0.6 is 0 Å². The van der Waals surface area contributed by atoms with E-state index in [1.807, 2.05) is 0 Å². The fourth-order valence-corrected chi connectivity index (χ4v) is 1.36. The molecule has 0 saturated carbocycles. The highest BCUT2D eigenvalue weighted by Gasteiger charge is 2.35. The van der Waals surface area contributed by atoms with E-state index in [1.165, 1.54) is 0 Å². The molecule has 0 aliphatic carbocycles. The van der Waals surface area contributed by atoms with E-state index < -0.39 is 40.1 Å². The first-order valence-electron chi connectivity index (χ1n) is 3.83. The summed E-state index contributed by atoms with van der Waals surface area (Å²) < 4.78 is 46.1. The zero-order valence-electron chi connectivity index (χ0n) is 7.87. The third kappa shape index (κ3) is 4.84. The number of rotatable bonds is 6. The molecule has 0 aromatic heterocycles. The molecule has 92 valence electrons. The van der Waals surface area contributed by atoms with Gasteiger partial charge in [0.15, 0.2) is 5.25 Å². The standard InChI is InChI=1S/C7H9FO7S/c1-2-5(8)15-7(11)4(3-6(9)10)16(12,13)14/h2,4-5H,1,3H2,(H,9,10)(H,12,13,14). The van der Waals surface area contributed by atoms with Crippen LogP contribution in [0.3, 0.4) is 0 Å². The third-order valence-electron chi connectivity index (χ3n) is 1.40. The lowest BCUT2D eigenvalue weighted by molar-refractivity contribution is -0.155. The van der Waals surface area contributed by atoms with Crippen LogP contribution in [0, 0.1) is 0 Å². The molecule has 2 N–H and O–H groups in total. The predicted molar refractivity (Wildman–Crippen MR) is 48.8 cm³/mol. The van der Waals surface area contributed by atoms with Crippen molar-refractivity contribution in [3.63, 3.8) is 0 Å². The van der Waals surface area contributed by atoms with Gasteiger partial charge < -0.3 is 9.84 Å². The maximum absolute atomic E-state index is 12.5. The number of hydrogen-bond acceptors (Lipinski definition) is 5. The zero-order chi connectivity index (χ0) is 12.9. The van der Waals surface area contributed by atoms with Crippen LogP contribution in [0.15, 0.2) is 12.7 Å². The molecule has 7 nitrogen and oxygen atoms in total. The molecule has 0 aromatic rings. The molecule has 0 radical (unpaired) electrons. The minimum absolute atomic E-state index is 0.555. The first-order chi connectivity index (χ1) is 7.18. The van der Waals surface area contributed by atoms with Gasteiger partial charge in [0.1, 0.15) is 0 Å². The van der Waals surface area contributed by atoms with Crippen molar-refractivity contribution in [3.05, 3.63) is 12.7 Å². The third-order valence-corrected chi connectivity index (χ3v) is 2.47. The van der Waals surface area contributed by atoms with Crippen molar-refractivity contribution in [2.24, 2.45) is 0 Å². The molecular formula is C7H9FO7S. The Kier molecular flexibility index (Phi) is 5.05. The van der Waals surface area contributed by atoms with E-state index >= 15 is 0 Å². The Bertz CT molecular complexity index is 388. The van der Waals surface area contributed by atoms with Gasteiger partial charge in [0.05, 0.1) is 6.42 Å². The summed E-state index contributed by atoms with van der Waals surface area (Å²) >= 11 is 0. The molecule has 0 bridgehead atoms. The van der Waals surface area contributed by atoms with Gasteiger partial charge in [0, 0.05) is 0 Å². The summed E-state index contributed by atoms with van der Waals surface area (Å²) in [4.78, 5) is 21.2. The lowest BCUT2D eigenvalue weighted by atomic mass is 10.3. The fraction of sp³-hybridized carbons (Fsp3) is 0.429. The molecule has 2 atom stereocenters. The van der Waals surface area contributed by atoms with Crippen LogP contribution in [0.2, 0.25) is 0 Å². The van der Waals surface area contributed by atoms with E-state index in [0.29, 0.717) is 6.08 Å². The van der Waals surface area contributed by atoms with E-state index in [9.17, 15) is 22.4 Å². The quantitative estimate of drug-likeness (QED) is 0.382. The summed E-state index contributed by atoms with van der Waals surface area (Å²) in [5.74, 6) is -3.36.